The first kappa shape index (κ1) is 13.1. The summed E-state index contributed by atoms with van der Waals surface area (Å²) >= 11 is 2.90. The van der Waals surface area contributed by atoms with Gasteiger partial charge in [-0.25, -0.2) is 13.8 Å². The summed E-state index contributed by atoms with van der Waals surface area (Å²) in [4.78, 5) is 3.09. The first-order chi connectivity index (χ1) is 7.27. The molecular formula is C8H6BrF5N2. The van der Waals surface area contributed by atoms with E-state index in [4.69, 9.17) is 5.73 Å². The molecule has 0 aliphatic heterocycles. The van der Waals surface area contributed by atoms with Crippen LogP contribution in [0.5, 0.6) is 0 Å². The minimum Gasteiger partial charge on any atom is -0.383 e. The van der Waals surface area contributed by atoms with Crippen molar-refractivity contribution in [2.75, 3.05) is 5.73 Å². The second-order valence-electron chi connectivity index (χ2n) is 2.90. The third-order valence-corrected chi connectivity index (χ3v) is 2.42. The maximum atomic E-state index is 12.4. The summed E-state index contributed by atoms with van der Waals surface area (Å²) in [6, 6.07) is 0.582. The lowest BCUT2D eigenvalue weighted by Gasteiger charge is -2.14. The number of hydrogen-bond acceptors (Lipinski definition) is 2. The van der Waals surface area contributed by atoms with Crippen LogP contribution in [0.1, 0.15) is 23.2 Å². The Morgan fingerprint density at radius 3 is 2.31 bits per heavy atom. The highest BCUT2D eigenvalue weighted by Gasteiger charge is 2.37. The van der Waals surface area contributed by atoms with Crippen LogP contribution in [-0.4, -0.2) is 4.98 Å². The lowest BCUT2D eigenvalue weighted by molar-refractivity contribution is -0.139. The van der Waals surface area contributed by atoms with Crippen LogP contribution in [0.15, 0.2) is 6.07 Å². The molecule has 0 radical (unpaired) electrons. The smallest absolute Gasteiger partial charge is 0.383 e. The standard InChI is InChI=1S/C8H6BrF5N2/c9-2-3-1-4(8(12,13)14)5(6(10)11)16-7(3)15/h1,6H,2H2,(H2,15,16). The number of nitrogens with two attached hydrogens (primary N) is 1. The lowest BCUT2D eigenvalue weighted by Crippen LogP contribution is -2.14. The van der Waals surface area contributed by atoms with E-state index in [9.17, 15) is 22.0 Å². The van der Waals surface area contributed by atoms with E-state index in [0.717, 1.165) is 0 Å². The van der Waals surface area contributed by atoms with E-state index in [0.29, 0.717) is 6.07 Å². The largest absolute Gasteiger partial charge is 0.418 e. The molecule has 0 atom stereocenters. The van der Waals surface area contributed by atoms with E-state index in [1.54, 1.807) is 0 Å². The Morgan fingerprint density at radius 2 is 1.94 bits per heavy atom. The fourth-order valence-electron chi connectivity index (χ4n) is 1.08. The van der Waals surface area contributed by atoms with Gasteiger partial charge in [0.15, 0.2) is 0 Å². The Kier molecular flexibility index (Phi) is 3.72. The van der Waals surface area contributed by atoms with Gasteiger partial charge in [0.1, 0.15) is 11.5 Å². The van der Waals surface area contributed by atoms with Crippen LogP contribution >= 0.6 is 15.9 Å². The molecule has 0 aromatic carbocycles. The molecule has 0 fully saturated rings. The van der Waals surface area contributed by atoms with Gasteiger partial charge in [0.05, 0.1) is 5.56 Å². The number of nitrogen functional groups attached to an aromatic ring is 1. The summed E-state index contributed by atoms with van der Waals surface area (Å²) in [7, 11) is 0. The first-order valence-electron chi connectivity index (χ1n) is 3.98. The van der Waals surface area contributed by atoms with E-state index in [2.05, 4.69) is 20.9 Å². The van der Waals surface area contributed by atoms with Crippen molar-refractivity contribution in [1.29, 1.82) is 0 Å². The minimum atomic E-state index is -4.87. The number of pyridine rings is 1. The zero-order valence-electron chi connectivity index (χ0n) is 7.65. The van der Waals surface area contributed by atoms with Crippen LogP contribution in [0.25, 0.3) is 0 Å². The van der Waals surface area contributed by atoms with Crippen LogP contribution in [0, 0.1) is 0 Å². The number of anilines is 1. The average molecular weight is 305 g/mol. The molecule has 8 heteroatoms. The first-order valence-corrected chi connectivity index (χ1v) is 5.10. The number of nitrogens with zero attached hydrogens (tertiary/aromatic N) is 1. The van der Waals surface area contributed by atoms with Crippen molar-refractivity contribution in [2.45, 2.75) is 17.9 Å². The van der Waals surface area contributed by atoms with Gasteiger partial charge in [-0.3, -0.25) is 0 Å². The molecule has 0 spiro atoms. The lowest BCUT2D eigenvalue weighted by atomic mass is 10.1. The maximum absolute atomic E-state index is 12.4. The molecule has 0 aliphatic rings. The summed E-state index contributed by atoms with van der Waals surface area (Å²) < 4.78 is 62.0. The van der Waals surface area contributed by atoms with Crippen LogP contribution < -0.4 is 5.73 Å². The molecule has 90 valence electrons. The third-order valence-electron chi connectivity index (χ3n) is 1.82. The van der Waals surface area contributed by atoms with Gasteiger partial charge in [-0.1, -0.05) is 15.9 Å². The quantitative estimate of drug-likeness (QED) is 0.671. The molecule has 16 heavy (non-hydrogen) atoms. The highest BCUT2D eigenvalue weighted by molar-refractivity contribution is 9.08. The van der Waals surface area contributed by atoms with Crippen molar-refractivity contribution < 1.29 is 22.0 Å². The van der Waals surface area contributed by atoms with Crippen molar-refractivity contribution >= 4 is 21.7 Å². The predicted octanol–water partition coefficient (Wildman–Crippen LogP) is 3.52. The van der Waals surface area contributed by atoms with Gasteiger partial charge in [-0.05, 0) is 6.07 Å². The molecule has 0 aliphatic carbocycles. The molecule has 2 nitrogen and oxygen atoms in total. The number of hydrogen-bond donors (Lipinski definition) is 1. The molecule has 0 amide bonds. The zero-order chi connectivity index (χ0) is 12.5. The highest BCUT2D eigenvalue weighted by Crippen LogP contribution is 2.37. The predicted molar refractivity (Wildman–Crippen MR) is 51.2 cm³/mol. The second kappa shape index (κ2) is 4.52. The Hall–Kier alpha value is -0.920. The summed E-state index contributed by atoms with van der Waals surface area (Å²) in [5.74, 6) is -0.333. The van der Waals surface area contributed by atoms with Crippen molar-refractivity contribution in [2.24, 2.45) is 0 Å². The summed E-state index contributed by atoms with van der Waals surface area (Å²) in [5, 5.41) is 0.0123. The van der Waals surface area contributed by atoms with E-state index >= 15 is 0 Å². The van der Waals surface area contributed by atoms with E-state index < -0.39 is 23.9 Å². The Labute approximate surface area is 95.8 Å². The zero-order valence-corrected chi connectivity index (χ0v) is 9.24. The number of halogens is 6. The van der Waals surface area contributed by atoms with Gasteiger partial charge >= 0.3 is 6.18 Å². The van der Waals surface area contributed by atoms with Crippen LogP contribution in [0.4, 0.5) is 27.8 Å². The van der Waals surface area contributed by atoms with Gasteiger partial charge < -0.3 is 5.73 Å². The number of aromatic nitrogens is 1. The van der Waals surface area contributed by atoms with Crippen LogP contribution in [0.2, 0.25) is 0 Å². The molecule has 1 aromatic heterocycles. The molecule has 1 rings (SSSR count). The third kappa shape index (κ3) is 2.60. The molecule has 0 bridgehead atoms. The Bertz CT molecular complexity index is 391. The SMILES string of the molecule is Nc1nc(C(F)F)c(C(F)(F)F)cc1CBr. The molecule has 0 saturated carbocycles. The number of rotatable bonds is 2. The topological polar surface area (TPSA) is 38.9 Å². The van der Waals surface area contributed by atoms with Crippen molar-refractivity contribution in [3.05, 3.63) is 22.9 Å². The molecule has 2 N–H and O–H groups in total. The second-order valence-corrected chi connectivity index (χ2v) is 3.46. The van der Waals surface area contributed by atoms with E-state index in [1.807, 2.05) is 0 Å². The van der Waals surface area contributed by atoms with Crippen molar-refractivity contribution in [1.82, 2.24) is 4.98 Å². The highest BCUT2D eigenvalue weighted by atomic mass is 79.9. The van der Waals surface area contributed by atoms with E-state index in [1.165, 1.54) is 0 Å². The monoisotopic (exact) mass is 304 g/mol. The Balaban J connectivity index is 3.43. The summed E-state index contributed by atoms with van der Waals surface area (Å²) in [6.07, 6.45) is -8.19. The molecular weight excluding hydrogens is 299 g/mol. The fourth-order valence-corrected chi connectivity index (χ4v) is 1.53. The van der Waals surface area contributed by atoms with Crippen molar-refractivity contribution in [3.63, 3.8) is 0 Å². The average Bonchev–Trinajstić information content (AvgIpc) is 2.15. The van der Waals surface area contributed by atoms with Crippen LogP contribution in [0.3, 0.4) is 0 Å². The molecule has 0 unspecified atom stereocenters. The van der Waals surface area contributed by atoms with Gasteiger partial charge in [-0.15, -0.1) is 0 Å². The van der Waals surface area contributed by atoms with Gasteiger partial charge in [-0.2, -0.15) is 13.2 Å². The van der Waals surface area contributed by atoms with Gasteiger partial charge in [0, 0.05) is 10.9 Å². The summed E-state index contributed by atoms with van der Waals surface area (Å²) in [6.45, 7) is 0. The van der Waals surface area contributed by atoms with Gasteiger partial charge in [0.2, 0.25) is 0 Å². The Morgan fingerprint density at radius 1 is 1.38 bits per heavy atom. The summed E-state index contributed by atoms with van der Waals surface area (Å²) in [5.41, 5.74) is 2.47. The molecule has 1 aromatic rings. The van der Waals surface area contributed by atoms with E-state index in [-0.39, 0.29) is 16.7 Å². The number of alkyl halides is 6. The minimum absolute atomic E-state index is 0.0123. The van der Waals surface area contributed by atoms with Gasteiger partial charge in [0.25, 0.3) is 6.43 Å². The van der Waals surface area contributed by atoms with Crippen LogP contribution in [-0.2, 0) is 11.5 Å². The normalized spacial score (nSPS) is 12.2. The molecule has 0 saturated heterocycles. The maximum Gasteiger partial charge on any atom is 0.418 e. The molecule has 1 heterocycles. The fraction of sp³-hybridized carbons (Fsp3) is 0.375. The van der Waals surface area contributed by atoms with Crippen molar-refractivity contribution in [3.8, 4) is 0 Å².